The third-order valence-electron chi connectivity index (χ3n) is 11.4. The number of phenols is 1. The number of carboxylic acid groups (broad SMARTS) is 1. The van der Waals surface area contributed by atoms with Crippen molar-refractivity contribution in [2.75, 3.05) is 19.7 Å². The Morgan fingerprint density at radius 1 is 0.681 bits per heavy atom. The van der Waals surface area contributed by atoms with Crippen LogP contribution in [0.4, 0.5) is 0 Å². The Balaban J connectivity index is 2.15. The van der Waals surface area contributed by atoms with Gasteiger partial charge in [-0.15, -0.1) is 0 Å². The molecule has 388 valence electrons. The second-order valence-electron chi connectivity index (χ2n) is 18.2. The van der Waals surface area contributed by atoms with Crippen molar-refractivity contribution in [3.63, 3.8) is 0 Å². The Morgan fingerprint density at radius 3 is 1.74 bits per heavy atom. The summed E-state index contributed by atoms with van der Waals surface area (Å²) in [5.74, 6) is -9.09. The second-order valence-corrected chi connectivity index (χ2v) is 18.2. The number of carbonyl (C=O) groups is 9. The number of phenolic OH excluding ortho intramolecular Hbond substituents is 1. The van der Waals surface area contributed by atoms with Gasteiger partial charge in [-0.2, -0.15) is 0 Å². The van der Waals surface area contributed by atoms with E-state index in [-0.39, 0.29) is 43.9 Å². The monoisotopic (exact) mass is 979 g/mol. The summed E-state index contributed by atoms with van der Waals surface area (Å²) in [7, 11) is 0. The summed E-state index contributed by atoms with van der Waals surface area (Å²) in [6.45, 7) is 9.84. The summed E-state index contributed by atoms with van der Waals surface area (Å²) >= 11 is 0. The quantitative estimate of drug-likeness (QED) is 0.0360. The van der Waals surface area contributed by atoms with Crippen molar-refractivity contribution in [3.8, 4) is 5.75 Å². The van der Waals surface area contributed by atoms with Crippen LogP contribution < -0.4 is 48.7 Å². The predicted molar refractivity (Wildman–Crippen MR) is 249 cm³/mol. The van der Waals surface area contributed by atoms with Gasteiger partial charge in [0.15, 0.2) is 0 Å². The molecule has 1 fully saturated rings. The Labute approximate surface area is 401 Å². The maximum absolute atomic E-state index is 14.0. The summed E-state index contributed by atoms with van der Waals surface area (Å²) in [4.78, 5) is 121. The fourth-order valence-electron chi connectivity index (χ4n) is 7.42. The Hall–Kier alpha value is -5.95. The lowest BCUT2D eigenvalue weighted by Crippen LogP contribution is -2.63. The number of aromatic hydroxyl groups is 1. The molecule has 0 aromatic heterocycles. The van der Waals surface area contributed by atoms with Crippen molar-refractivity contribution in [1.29, 1.82) is 0 Å². The van der Waals surface area contributed by atoms with Crippen LogP contribution in [0.15, 0.2) is 24.3 Å². The van der Waals surface area contributed by atoms with E-state index in [0.717, 1.165) is 6.92 Å². The van der Waals surface area contributed by atoms with E-state index in [1.54, 1.807) is 12.1 Å². The van der Waals surface area contributed by atoms with E-state index in [4.69, 9.17) is 11.5 Å². The lowest BCUT2D eigenvalue weighted by Gasteiger charge is -2.32. The molecule has 1 aliphatic heterocycles. The van der Waals surface area contributed by atoms with Crippen LogP contribution in [0.5, 0.6) is 5.75 Å². The Bertz CT molecular complexity index is 1920. The predicted octanol–water partition coefficient (Wildman–Crippen LogP) is -3.66. The molecule has 69 heavy (non-hydrogen) atoms. The average molecular weight is 979 g/mol. The van der Waals surface area contributed by atoms with Crippen molar-refractivity contribution in [1.82, 2.24) is 42.1 Å². The highest BCUT2D eigenvalue weighted by Crippen LogP contribution is 2.21. The number of hydrogen-bond acceptors (Lipinski definition) is 15. The average Bonchev–Trinajstić information content (AvgIpc) is 3.77. The lowest BCUT2D eigenvalue weighted by atomic mass is 10.0. The third-order valence-corrected chi connectivity index (χ3v) is 11.4. The molecule has 11 atom stereocenters. The van der Waals surface area contributed by atoms with Crippen molar-refractivity contribution in [3.05, 3.63) is 29.8 Å². The van der Waals surface area contributed by atoms with Gasteiger partial charge in [0.1, 0.15) is 54.1 Å². The number of carboxylic acids is 1. The van der Waals surface area contributed by atoms with Gasteiger partial charge in [0, 0.05) is 6.54 Å². The molecule has 0 spiro atoms. The highest BCUT2D eigenvalue weighted by atomic mass is 16.4. The summed E-state index contributed by atoms with van der Waals surface area (Å²) in [6, 6.07) is -6.27. The number of benzene rings is 1. The lowest BCUT2D eigenvalue weighted by molar-refractivity contribution is -0.143. The Morgan fingerprint density at radius 2 is 1.22 bits per heavy atom. The summed E-state index contributed by atoms with van der Waals surface area (Å²) in [5.41, 5.74) is 12.3. The van der Waals surface area contributed by atoms with Gasteiger partial charge < -0.3 is 79.1 Å². The molecule has 1 aromatic rings. The number of unbranched alkanes of at least 4 members (excludes halogenated alkanes) is 1. The van der Waals surface area contributed by atoms with Gasteiger partial charge in [0.05, 0.1) is 24.9 Å². The van der Waals surface area contributed by atoms with Crippen LogP contribution in [-0.2, 0) is 49.6 Å². The molecule has 0 unspecified atom stereocenters. The smallest absolute Gasteiger partial charge is 0.326 e. The van der Waals surface area contributed by atoms with Gasteiger partial charge >= 0.3 is 5.97 Å². The van der Waals surface area contributed by atoms with Gasteiger partial charge in [-0.3, -0.25) is 38.4 Å². The highest BCUT2D eigenvalue weighted by molar-refractivity contribution is 5.98. The largest absolute Gasteiger partial charge is 0.508 e. The van der Waals surface area contributed by atoms with E-state index in [9.17, 15) is 68.7 Å². The van der Waals surface area contributed by atoms with E-state index < -0.39 is 132 Å². The molecule has 1 saturated heterocycles. The third kappa shape index (κ3) is 18.8. The van der Waals surface area contributed by atoms with Crippen LogP contribution in [0, 0.1) is 11.8 Å². The SMILES string of the molecule is CC(C)C[C@H](NC(=O)[C@@H](N)Cc1ccc(O)cc1)C(=O)N1CCC[C@H]1C(=O)N[C@H](C(=O)N[C@H](C(=O)N[C@H](C(=O)N[C@@H](CO)C(=O)N[C@@H](C)C(=O)N[C@@H](CCCCN)C(=O)O)C(C)C)[C@@H](C)O)[C@@H](C)O. The van der Waals surface area contributed by atoms with E-state index in [2.05, 4.69) is 37.2 Å². The number of hydrogen-bond donors (Lipinski definition) is 14. The van der Waals surface area contributed by atoms with Crippen molar-refractivity contribution in [2.45, 2.75) is 160 Å². The molecular weight excluding hydrogens is 905 g/mol. The van der Waals surface area contributed by atoms with Gasteiger partial charge in [-0.05, 0) is 102 Å². The highest BCUT2D eigenvalue weighted by Gasteiger charge is 2.41. The normalized spacial score (nSPS) is 17.9. The molecule has 0 saturated carbocycles. The molecular formula is C45H74N10O14. The molecule has 0 radical (unpaired) electrons. The number of carbonyl (C=O) groups excluding carboxylic acids is 8. The van der Waals surface area contributed by atoms with Crippen LogP contribution in [0.25, 0.3) is 0 Å². The maximum Gasteiger partial charge on any atom is 0.326 e. The van der Waals surface area contributed by atoms with E-state index in [0.29, 0.717) is 31.4 Å². The Kier molecular flexibility index (Phi) is 24.5. The fourth-order valence-corrected chi connectivity index (χ4v) is 7.42. The maximum atomic E-state index is 14.0. The van der Waals surface area contributed by atoms with Gasteiger partial charge in [0.2, 0.25) is 47.3 Å². The fraction of sp³-hybridized carbons (Fsp3) is 0.667. The van der Waals surface area contributed by atoms with E-state index in [1.807, 2.05) is 13.8 Å². The van der Waals surface area contributed by atoms with E-state index in [1.165, 1.54) is 44.7 Å². The molecule has 0 aliphatic carbocycles. The number of aliphatic carboxylic acids is 1. The molecule has 8 amide bonds. The first-order valence-electron chi connectivity index (χ1n) is 23.2. The molecule has 1 heterocycles. The van der Waals surface area contributed by atoms with Gasteiger partial charge in [-0.25, -0.2) is 4.79 Å². The summed E-state index contributed by atoms with van der Waals surface area (Å²) in [5, 5.41) is 67.1. The number of nitrogens with one attached hydrogen (secondary N) is 7. The zero-order valence-electron chi connectivity index (χ0n) is 40.4. The number of nitrogens with zero attached hydrogens (tertiary/aromatic N) is 1. The van der Waals surface area contributed by atoms with Crippen LogP contribution in [0.2, 0.25) is 0 Å². The first kappa shape index (κ1) is 59.2. The molecule has 0 bridgehead atoms. The zero-order valence-corrected chi connectivity index (χ0v) is 40.4. The number of amides is 8. The zero-order chi connectivity index (χ0) is 52.3. The minimum atomic E-state index is -1.78. The molecule has 24 heteroatoms. The standard InChI is InChI=1S/C45H74N10O14/c1-22(2)19-31(50-38(61)29(47)20-27-13-15-28(59)16-14-27)44(67)55-18-10-12-33(55)40(63)53-35(25(6)57)43(66)54-36(26(7)58)42(65)52-34(23(3)4)41(64)51-32(21-56)39(62)48-24(5)37(60)49-30(45(68)69)11-8-9-17-46/h13-16,22-26,29-36,56-59H,8-12,17-21,46-47H2,1-7H3,(H,48,62)(H,49,60)(H,50,61)(H,51,64)(H,52,65)(H,53,63)(H,54,66)(H,68,69)/t24-,25+,26+,29-,30-,31-,32-,33-,34-,35-,36-/m0/s1. The van der Waals surface area contributed by atoms with Crippen LogP contribution in [0.3, 0.4) is 0 Å². The first-order chi connectivity index (χ1) is 32.3. The van der Waals surface area contributed by atoms with Crippen LogP contribution in [0.1, 0.15) is 92.6 Å². The number of likely N-dealkylation sites (tertiary alicyclic amines) is 1. The van der Waals surface area contributed by atoms with E-state index >= 15 is 0 Å². The number of rotatable bonds is 28. The molecule has 16 N–H and O–H groups in total. The molecule has 24 nitrogen and oxygen atoms in total. The summed E-state index contributed by atoms with van der Waals surface area (Å²) in [6.07, 6.45) is -1.29. The van der Waals surface area contributed by atoms with Gasteiger partial charge in [-0.1, -0.05) is 39.8 Å². The molecule has 2 rings (SSSR count). The van der Waals surface area contributed by atoms with Gasteiger partial charge in [0.25, 0.3) is 0 Å². The summed E-state index contributed by atoms with van der Waals surface area (Å²) < 4.78 is 0. The van der Waals surface area contributed by atoms with Crippen molar-refractivity contribution >= 4 is 53.2 Å². The number of nitrogens with two attached hydrogens (primary N) is 2. The minimum absolute atomic E-state index is 0.0420. The van der Waals surface area contributed by atoms with Crippen LogP contribution in [-0.4, -0.2) is 170 Å². The van der Waals surface area contributed by atoms with Crippen LogP contribution >= 0.6 is 0 Å². The first-order valence-corrected chi connectivity index (χ1v) is 23.2. The molecule has 1 aromatic carbocycles. The number of aliphatic hydroxyl groups is 3. The topological polar surface area (TPSA) is 394 Å². The number of aliphatic hydroxyl groups excluding tert-OH is 3. The van der Waals surface area contributed by atoms with Crippen molar-refractivity contribution in [2.24, 2.45) is 23.3 Å². The van der Waals surface area contributed by atoms with Crippen molar-refractivity contribution < 1.29 is 68.7 Å². The minimum Gasteiger partial charge on any atom is -0.508 e. The molecule has 1 aliphatic rings. The second kappa shape index (κ2) is 28.5.